The van der Waals surface area contributed by atoms with E-state index in [1.807, 2.05) is 80.8 Å². The molecule has 1 aliphatic heterocycles. The zero-order valence-electron chi connectivity index (χ0n) is 27.4. The molecule has 0 saturated heterocycles. The van der Waals surface area contributed by atoms with E-state index < -0.39 is 11.9 Å². The van der Waals surface area contributed by atoms with Crippen molar-refractivity contribution in [2.45, 2.75) is 6.92 Å². The van der Waals surface area contributed by atoms with Gasteiger partial charge in [0.2, 0.25) is 0 Å². The van der Waals surface area contributed by atoms with Crippen molar-refractivity contribution in [3.05, 3.63) is 132 Å². The van der Waals surface area contributed by atoms with Crippen LogP contribution in [0.1, 0.15) is 17.3 Å². The third-order valence-electron chi connectivity index (χ3n) is 8.16. The van der Waals surface area contributed by atoms with E-state index in [2.05, 4.69) is 52.9 Å². The van der Waals surface area contributed by atoms with Gasteiger partial charge in [-0.15, -0.1) is 0 Å². The molecule has 0 fully saturated rings. The molecule has 48 heavy (non-hydrogen) atoms. The molecule has 1 aliphatic carbocycles. The van der Waals surface area contributed by atoms with Crippen molar-refractivity contribution >= 4 is 28.6 Å². The predicted molar refractivity (Wildman–Crippen MR) is 191 cm³/mol. The molecule has 0 bridgehead atoms. The monoisotopic (exact) mass is 636 g/mol. The second-order valence-corrected chi connectivity index (χ2v) is 11.7. The van der Waals surface area contributed by atoms with Crippen molar-refractivity contribution < 1.29 is 23.5 Å². The first-order valence-corrected chi connectivity index (χ1v) is 15.7. The fourth-order valence-electron chi connectivity index (χ4n) is 5.85. The number of hydrogen-bond donors (Lipinski definition) is 0. The zero-order chi connectivity index (χ0) is 33.8. The zero-order valence-corrected chi connectivity index (χ0v) is 27.4. The molecule has 4 aromatic carbocycles. The van der Waals surface area contributed by atoms with E-state index in [0.29, 0.717) is 22.5 Å². The van der Waals surface area contributed by atoms with Crippen molar-refractivity contribution in [1.82, 2.24) is 0 Å². The summed E-state index contributed by atoms with van der Waals surface area (Å²) in [5, 5.41) is 1.62. The maximum atomic E-state index is 13.7. The molecule has 0 aromatic heterocycles. The van der Waals surface area contributed by atoms with Crippen LogP contribution in [0.15, 0.2) is 131 Å². The number of anilines is 1. The van der Waals surface area contributed by atoms with Crippen LogP contribution in [0, 0.1) is 0 Å². The lowest BCUT2D eigenvalue weighted by molar-refractivity contribution is -0.140. The van der Waals surface area contributed by atoms with E-state index in [9.17, 15) is 9.59 Å². The molecule has 2 aliphatic rings. The molecule has 0 saturated carbocycles. The molecule has 0 N–H and O–H groups in total. The summed E-state index contributed by atoms with van der Waals surface area (Å²) in [5.41, 5.74) is 8.65. The largest absolute Gasteiger partial charge is 0.459 e. The van der Waals surface area contributed by atoms with Crippen molar-refractivity contribution in [1.29, 1.82) is 0 Å². The number of hydrogen-bond acceptors (Lipinski definition) is 7. The smallest absolute Gasteiger partial charge is 0.338 e. The van der Waals surface area contributed by atoms with Crippen LogP contribution in [-0.4, -0.2) is 46.3 Å². The molecule has 240 valence electrons. The number of carbonyl (C=O) groups is 2. The van der Waals surface area contributed by atoms with Gasteiger partial charge in [-0.05, 0) is 41.8 Å². The van der Waals surface area contributed by atoms with E-state index in [4.69, 9.17) is 13.9 Å². The van der Waals surface area contributed by atoms with Gasteiger partial charge in [-0.1, -0.05) is 85.4 Å². The van der Waals surface area contributed by atoms with Gasteiger partial charge in [0.15, 0.2) is 0 Å². The van der Waals surface area contributed by atoms with Gasteiger partial charge in [0.25, 0.3) is 0 Å². The summed E-state index contributed by atoms with van der Waals surface area (Å²) >= 11 is 0. The molecule has 0 radical (unpaired) electrons. The lowest BCUT2D eigenvalue weighted by Crippen LogP contribution is -2.15. The molecule has 0 atom stereocenters. The first-order valence-electron chi connectivity index (χ1n) is 15.7. The van der Waals surface area contributed by atoms with Crippen molar-refractivity contribution in [2.24, 2.45) is 4.99 Å². The lowest BCUT2D eigenvalue weighted by Gasteiger charge is -2.23. The van der Waals surface area contributed by atoms with Crippen LogP contribution >= 0.6 is 0 Å². The minimum Gasteiger partial charge on any atom is -0.459 e. The number of rotatable bonds is 9. The van der Waals surface area contributed by atoms with E-state index in [1.54, 1.807) is 20.0 Å². The van der Waals surface area contributed by atoms with E-state index in [1.165, 1.54) is 0 Å². The highest BCUT2D eigenvalue weighted by atomic mass is 16.6. The minimum absolute atomic E-state index is 0.0762. The van der Waals surface area contributed by atoms with Crippen LogP contribution in [0.2, 0.25) is 0 Å². The molecule has 6 rings (SSSR count). The summed E-state index contributed by atoms with van der Waals surface area (Å²) < 4.78 is 17.5. The third kappa shape index (κ3) is 6.35. The van der Waals surface area contributed by atoms with Gasteiger partial charge in [0.05, 0.1) is 10.9 Å². The maximum absolute atomic E-state index is 13.7. The van der Waals surface area contributed by atoms with Crippen molar-refractivity contribution in [3.63, 3.8) is 0 Å². The van der Waals surface area contributed by atoms with E-state index in [0.717, 1.165) is 49.8 Å². The topological polar surface area (TPSA) is 81.3 Å². The van der Waals surface area contributed by atoms with Gasteiger partial charge in [-0.2, -0.15) is 0 Å². The van der Waals surface area contributed by atoms with Gasteiger partial charge in [-0.25, -0.2) is 9.59 Å². The van der Waals surface area contributed by atoms with E-state index in [-0.39, 0.29) is 18.8 Å². The molecule has 4 aromatic rings. The first-order chi connectivity index (χ1) is 23.3. The summed E-state index contributed by atoms with van der Waals surface area (Å²) in [7, 11) is 5.79. The number of ether oxygens (including phenoxy) is 2. The molecular formula is C41H36N2O5. The van der Waals surface area contributed by atoms with Crippen molar-refractivity contribution in [3.8, 4) is 44.7 Å². The van der Waals surface area contributed by atoms with Gasteiger partial charge in [0, 0.05) is 72.2 Å². The fourth-order valence-corrected chi connectivity index (χ4v) is 5.85. The highest BCUT2D eigenvalue weighted by Crippen LogP contribution is 2.45. The molecule has 0 amide bonds. The standard InChI is InChI=1S/C41H36N2O5/c1-26(2)40(44)46-20-21-47-41(45)30-19-13-12-18-29(30)39-33-22-31(27-14-8-6-9-15-27)35(42-3)24-37(33)48-38-25-36(43(4)5)32(23-34(38)39)28-16-10-7-11-17-28/h6-19,22-25H,1,20-21H2,2-5H3. The Morgan fingerprint density at radius 1 is 0.750 bits per heavy atom. The Bertz CT molecular complexity index is 2180. The SMILES string of the molecule is C=C(C)C(=O)OCCOC(=O)c1ccccc1-c1c2cc(-c3ccccc3)c(=NC)cc-2oc2cc(N(C)C)c(-c3ccccc3)cc12. The van der Waals surface area contributed by atoms with Gasteiger partial charge in [0.1, 0.15) is 24.6 Å². The average Bonchev–Trinajstić information content (AvgIpc) is 3.11. The minimum atomic E-state index is -0.532. The molecule has 0 spiro atoms. The molecular weight excluding hydrogens is 600 g/mol. The van der Waals surface area contributed by atoms with Crippen molar-refractivity contribution in [2.75, 3.05) is 39.3 Å². The first kappa shape index (κ1) is 32.0. The Hall–Kier alpha value is -5.95. The highest BCUT2D eigenvalue weighted by molar-refractivity contribution is 6.10. The predicted octanol–water partition coefficient (Wildman–Crippen LogP) is 8.41. The maximum Gasteiger partial charge on any atom is 0.338 e. The number of fused-ring (bicyclic) bond motifs is 2. The molecule has 7 heteroatoms. The fraction of sp³-hybridized carbons (Fsp3) is 0.146. The quantitative estimate of drug-likeness (QED) is 0.0686. The normalized spacial score (nSPS) is 11.5. The Balaban J connectivity index is 1.62. The highest BCUT2D eigenvalue weighted by Gasteiger charge is 2.25. The van der Waals surface area contributed by atoms with E-state index >= 15 is 0 Å². The summed E-state index contributed by atoms with van der Waals surface area (Å²) in [6.07, 6.45) is 0. The number of carbonyl (C=O) groups excluding carboxylic acids is 2. The van der Waals surface area contributed by atoms with Gasteiger partial charge < -0.3 is 18.8 Å². The Morgan fingerprint density at radius 2 is 1.38 bits per heavy atom. The number of esters is 2. The average molecular weight is 637 g/mol. The molecule has 7 nitrogen and oxygen atoms in total. The Labute approximate surface area is 279 Å². The summed E-state index contributed by atoms with van der Waals surface area (Å²) in [4.78, 5) is 32.2. The molecule has 0 unspecified atom stereocenters. The van der Waals surface area contributed by atoms with Crippen LogP contribution in [-0.2, 0) is 14.3 Å². The number of nitrogens with zero attached hydrogens (tertiary/aromatic N) is 2. The second-order valence-electron chi connectivity index (χ2n) is 11.7. The van der Waals surface area contributed by atoms with Crippen LogP contribution in [0.3, 0.4) is 0 Å². The summed E-state index contributed by atoms with van der Waals surface area (Å²) in [5.74, 6) is -0.434. The Kier molecular flexibility index (Phi) is 9.21. The second kappa shape index (κ2) is 13.8. The van der Waals surface area contributed by atoms with Crippen LogP contribution < -0.4 is 10.3 Å². The summed E-state index contributed by atoms with van der Waals surface area (Å²) in [6, 6.07) is 35.9. The van der Waals surface area contributed by atoms with Crippen LogP contribution in [0.4, 0.5) is 5.69 Å². The van der Waals surface area contributed by atoms with Crippen LogP contribution in [0.25, 0.3) is 55.7 Å². The molecule has 1 heterocycles. The van der Waals surface area contributed by atoms with Gasteiger partial charge in [-0.3, -0.25) is 4.99 Å². The third-order valence-corrected chi connectivity index (χ3v) is 8.16. The lowest BCUT2D eigenvalue weighted by atomic mass is 9.87. The van der Waals surface area contributed by atoms with Crippen LogP contribution in [0.5, 0.6) is 0 Å². The number of benzene rings is 5. The summed E-state index contributed by atoms with van der Waals surface area (Å²) in [6.45, 7) is 4.98. The van der Waals surface area contributed by atoms with Gasteiger partial charge >= 0.3 is 11.9 Å². The Morgan fingerprint density at radius 3 is 2.02 bits per heavy atom.